The Balaban J connectivity index is 0.00000420. The number of unbranched alkanes of at least 4 members (excludes halogenated alkanes) is 1. The van der Waals surface area contributed by atoms with Gasteiger partial charge in [-0.05, 0) is 30.4 Å². The van der Waals surface area contributed by atoms with E-state index in [4.69, 9.17) is 0 Å². The molecule has 2 rings (SSSR count). The quantitative estimate of drug-likeness (QED) is 0.165. The van der Waals surface area contributed by atoms with E-state index in [0.29, 0.717) is 12.3 Å². The van der Waals surface area contributed by atoms with Crippen LogP contribution in [0.25, 0.3) is 0 Å². The van der Waals surface area contributed by atoms with Gasteiger partial charge in [-0.1, -0.05) is 60.7 Å². The Morgan fingerprint density at radius 1 is 0.931 bits per heavy atom. The Kier molecular flexibility index (Phi) is 12.8. The maximum atomic E-state index is 11.1. The minimum absolute atomic E-state index is 0. The second-order valence-corrected chi connectivity index (χ2v) is 6.62. The largest absolute Gasteiger partial charge is 0.469 e. The van der Waals surface area contributed by atoms with E-state index in [-0.39, 0.29) is 29.9 Å². The first kappa shape index (κ1) is 24.9. The average molecular weight is 509 g/mol. The van der Waals surface area contributed by atoms with E-state index in [1.54, 1.807) is 7.05 Å². The molecule has 0 aliphatic carbocycles. The Bertz CT molecular complexity index is 684. The number of nitrogens with zero attached hydrogens (tertiary/aromatic N) is 1. The van der Waals surface area contributed by atoms with Crippen molar-refractivity contribution in [3.05, 3.63) is 71.8 Å². The zero-order valence-corrected chi connectivity index (χ0v) is 19.6. The number of guanidine groups is 1. The summed E-state index contributed by atoms with van der Waals surface area (Å²) in [6, 6.07) is 21.2. The first-order valence-electron chi connectivity index (χ1n) is 9.85. The van der Waals surface area contributed by atoms with Gasteiger partial charge < -0.3 is 15.4 Å². The molecule has 0 heterocycles. The van der Waals surface area contributed by atoms with Gasteiger partial charge in [0.15, 0.2) is 5.96 Å². The second-order valence-electron chi connectivity index (χ2n) is 6.62. The van der Waals surface area contributed by atoms with Crippen molar-refractivity contribution in [1.82, 2.24) is 10.6 Å². The van der Waals surface area contributed by atoms with Gasteiger partial charge in [0.25, 0.3) is 0 Å². The molecule has 2 N–H and O–H groups in total. The van der Waals surface area contributed by atoms with Gasteiger partial charge in [0.1, 0.15) is 0 Å². The molecule has 0 unspecified atom stereocenters. The van der Waals surface area contributed by atoms with Crippen molar-refractivity contribution in [3.8, 4) is 0 Å². The van der Waals surface area contributed by atoms with Crippen molar-refractivity contribution in [1.29, 1.82) is 0 Å². The number of carbonyl (C=O) groups excluding carboxylic acids is 1. The third-order valence-electron chi connectivity index (χ3n) is 4.68. The Labute approximate surface area is 191 Å². The van der Waals surface area contributed by atoms with E-state index in [0.717, 1.165) is 38.3 Å². The highest BCUT2D eigenvalue weighted by atomic mass is 127. The molecule has 0 fully saturated rings. The van der Waals surface area contributed by atoms with Crippen LogP contribution in [0.15, 0.2) is 65.7 Å². The minimum Gasteiger partial charge on any atom is -0.469 e. The molecule has 0 spiro atoms. The number of benzene rings is 2. The predicted molar refractivity (Wildman–Crippen MR) is 130 cm³/mol. The molecule has 2 aromatic carbocycles. The molecule has 0 radical (unpaired) electrons. The standard InChI is InChI=1S/C23H31N3O2.HI/c1-24-23(25-17-10-9-15-22(27)28-2)26-18-16-21(19-11-5-3-6-12-19)20-13-7-4-8-14-20;/h3-8,11-14,21H,9-10,15-18H2,1-2H3,(H2,24,25,26);1H. The number of aliphatic imine (C=N–C) groups is 1. The van der Waals surface area contributed by atoms with Gasteiger partial charge in [-0.3, -0.25) is 9.79 Å². The van der Waals surface area contributed by atoms with Crippen LogP contribution in [0.3, 0.4) is 0 Å². The van der Waals surface area contributed by atoms with Crippen molar-refractivity contribution in [2.45, 2.75) is 31.6 Å². The van der Waals surface area contributed by atoms with E-state index >= 15 is 0 Å². The molecule has 0 amide bonds. The molecule has 0 aliphatic rings. The summed E-state index contributed by atoms with van der Waals surface area (Å²) in [5.74, 6) is 0.973. The molecule has 29 heavy (non-hydrogen) atoms. The van der Waals surface area contributed by atoms with E-state index in [9.17, 15) is 4.79 Å². The number of halogens is 1. The van der Waals surface area contributed by atoms with Crippen molar-refractivity contribution >= 4 is 35.9 Å². The van der Waals surface area contributed by atoms with Crippen LogP contribution in [0.1, 0.15) is 42.7 Å². The number of hydrogen-bond acceptors (Lipinski definition) is 3. The normalized spacial score (nSPS) is 10.9. The van der Waals surface area contributed by atoms with Gasteiger partial charge in [0, 0.05) is 32.5 Å². The fourth-order valence-corrected chi connectivity index (χ4v) is 3.16. The Morgan fingerprint density at radius 3 is 2.00 bits per heavy atom. The van der Waals surface area contributed by atoms with Crippen molar-refractivity contribution < 1.29 is 9.53 Å². The average Bonchev–Trinajstić information content (AvgIpc) is 2.76. The number of carbonyl (C=O) groups is 1. The number of hydrogen-bond donors (Lipinski definition) is 2. The third-order valence-corrected chi connectivity index (χ3v) is 4.68. The number of esters is 1. The summed E-state index contributed by atoms with van der Waals surface area (Å²) in [5.41, 5.74) is 2.64. The van der Waals surface area contributed by atoms with Gasteiger partial charge in [0.2, 0.25) is 0 Å². The molecule has 0 saturated carbocycles. The number of rotatable bonds is 10. The molecule has 0 aromatic heterocycles. The van der Waals surface area contributed by atoms with Crippen LogP contribution in [-0.2, 0) is 9.53 Å². The first-order chi connectivity index (χ1) is 13.7. The minimum atomic E-state index is -0.157. The van der Waals surface area contributed by atoms with Crippen LogP contribution in [0.2, 0.25) is 0 Å². The van der Waals surface area contributed by atoms with Crippen LogP contribution in [-0.4, -0.2) is 39.2 Å². The summed E-state index contributed by atoms with van der Waals surface area (Å²) in [4.78, 5) is 15.4. The van der Waals surface area contributed by atoms with E-state index < -0.39 is 0 Å². The van der Waals surface area contributed by atoms with E-state index in [1.165, 1.54) is 18.2 Å². The molecular formula is C23H32IN3O2. The zero-order valence-electron chi connectivity index (χ0n) is 17.3. The summed E-state index contributed by atoms with van der Waals surface area (Å²) in [6.45, 7) is 1.59. The molecule has 0 atom stereocenters. The molecule has 0 aliphatic heterocycles. The lowest BCUT2D eigenvalue weighted by molar-refractivity contribution is -0.140. The molecule has 5 nitrogen and oxygen atoms in total. The van der Waals surface area contributed by atoms with E-state index in [2.05, 4.69) is 81.0 Å². The van der Waals surface area contributed by atoms with Crippen LogP contribution < -0.4 is 10.6 Å². The molecule has 0 bridgehead atoms. The van der Waals surface area contributed by atoms with Crippen LogP contribution >= 0.6 is 24.0 Å². The first-order valence-corrected chi connectivity index (χ1v) is 9.85. The Hall–Kier alpha value is -2.09. The summed E-state index contributed by atoms with van der Waals surface area (Å²) in [5, 5.41) is 6.70. The topological polar surface area (TPSA) is 62.7 Å². The fraction of sp³-hybridized carbons (Fsp3) is 0.391. The van der Waals surface area contributed by atoms with Gasteiger partial charge in [-0.25, -0.2) is 0 Å². The monoisotopic (exact) mass is 509 g/mol. The summed E-state index contributed by atoms with van der Waals surface area (Å²) < 4.78 is 4.65. The smallest absolute Gasteiger partial charge is 0.305 e. The SMILES string of the molecule is CN=C(NCCCCC(=O)OC)NCCC(c1ccccc1)c1ccccc1.I. The van der Waals surface area contributed by atoms with Crippen LogP contribution in [0.4, 0.5) is 0 Å². The van der Waals surface area contributed by atoms with Gasteiger partial charge in [0.05, 0.1) is 7.11 Å². The molecule has 0 saturated heterocycles. The highest BCUT2D eigenvalue weighted by molar-refractivity contribution is 14.0. The van der Waals surface area contributed by atoms with Gasteiger partial charge in [-0.15, -0.1) is 24.0 Å². The number of methoxy groups -OCH3 is 1. The predicted octanol–water partition coefficient (Wildman–Crippen LogP) is 4.33. The van der Waals surface area contributed by atoms with Crippen molar-refractivity contribution in [2.24, 2.45) is 4.99 Å². The summed E-state index contributed by atoms with van der Waals surface area (Å²) in [7, 11) is 3.19. The molecule has 6 heteroatoms. The highest BCUT2D eigenvalue weighted by Gasteiger charge is 2.13. The summed E-state index contributed by atoms with van der Waals surface area (Å²) in [6.07, 6.45) is 3.13. The van der Waals surface area contributed by atoms with Crippen molar-refractivity contribution in [2.75, 3.05) is 27.2 Å². The lowest BCUT2D eigenvalue weighted by Crippen LogP contribution is -2.38. The van der Waals surface area contributed by atoms with Gasteiger partial charge in [-0.2, -0.15) is 0 Å². The van der Waals surface area contributed by atoms with E-state index in [1.807, 2.05) is 0 Å². The highest BCUT2D eigenvalue weighted by Crippen LogP contribution is 2.27. The molecule has 158 valence electrons. The van der Waals surface area contributed by atoms with Gasteiger partial charge >= 0.3 is 5.97 Å². The number of ether oxygens (including phenoxy) is 1. The van der Waals surface area contributed by atoms with Crippen molar-refractivity contribution in [3.63, 3.8) is 0 Å². The molecule has 2 aromatic rings. The summed E-state index contributed by atoms with van der Waals surface area (Å²) >= 11 is 0. The van der Waals surface area contributed by atoms with Crippen LogP contribution in [0.5, 0.6) is 0 Å². The second kappa shape index (κ2) is 14.8. The zero-order chi connectivity index (χ0) is 20.0. The molecular weight excluding hydrogens is 477 g/mol. The number of nitrogens with one attached hydrogen (secondary N) is 2. The van der Waals surface area contributed by atoms with Crippen LogP contribution in [0, 0.1) is 0 Å². The lowest BCUT2D eigenvalue weighted by atomic mass is 9.88. The lowest BCUT2D eigenvalue weighted by Gasteiger charge is -2.19. The maximum Gasteiger partial charge on any atom is 0.305 e. The maximum absolute atomic E-state index is 11.1. The third kappa shape index (κ3) is 9.30. The Morgan fingerprint density at radius 2 is 1.48 bits per heavy atom. The fourth-order valence-electron chi connectivity index (χ4n) is 3.16.